The summed E-state index contributed by atoms with van der Waals surface area (Å²) in [6, 6.07) is 16.5. The highest BCUT2D eigenvalue weighted by Crippen LogP contribution is 2.26. The highest BCUT2D eigenvalue weighted by atomic mass is 32.2. The third-order valence-corrected chi connectivity index (χ3v) is 4.39. The largest absolute Gasteiger partial charge is 0.325 e. The second kappa shape index (κ2) is 9.53. The summed E-state index contributed by atoms with van der Waals surface area (Å²) in [4.78, 5) is 12.6. The van der Waals surface area contributed by atoms with E-state index in [1.807, 2.05) is 30.3 Å². The molecule has 134 valence electrons. The molecule has 0 unspecified atom stereocenters. The van der Waals surface area contributed by atoms with E-state index in [1.54, 1.807) is 24.3 Å². The van der Waals surface area contributed by atoms with Crippen LogP contribution in [0.3, 0.4) is 0 Å². The van der Waals surface area contributed by atoms with Crippen molar-refractivity contribution >= 4 is 23.4 Å². The summed E-state index contributed by atoms with van der Waals surface area (Å²) in [5.74, 6) is -2.28. The summed E-state index contributed by atoms with van der Waals surface area (Å²) >= 11 is 0.483. The van der Waals surface area contributed by atoms with E-state index in [9.17, 15) is 13.6 Å². The van der Waals surface area contributed by atoms with E-state index in [-0.39, 0.29) is 18.5 Å². The van der Waals surface area contributed by atoms with E-state index < -0.39 is 5.76 Å². The minimum atomic E-state index is -2.45. The fraction of sp³-hybridized carbons (Fsp3) is 0.316. The van der Waals surface area contributed by atoms with Gasteiger partial charge in [0.2, 0.25) is 5.91 Å². The Kier molecular flexibility index (Phi) is 7.40. The molecule has 3 nitrogen and oxygen atoms in total. The maximum Gasteiger partial charge on any atom is 0.288 e. The van der Waals surface area contributed by atoms with E-state index in [1.165, 1.54) is 0 Å². The van der Waals surface area contributed by atoms with Crippen LogP contribution in [-0.4, -0.2) is 18.2 Å². The van der Waals surface area contributed by atoms with Gasteiger partial charge in [-0.25, -0.2) is 0 Å². The van der Waals surface area contributed by atoms with Crippen LogP contribution in [0.1, 0.15) is 25.5 Å². The Hall–Kier alpha value is -1.92. The average molecular weight is 364 g/mol. The molecular formula is C19H22F2N2OS. The molecule has 1 atom stereocenters. The number of carbonyl (C=O) groups excluding carboxylic acids is 1. The predicted octanol–water partition coefficient (Wildman–Crippen LogP) is 4.93. The normalized spacial score (nSPS) is 12.4. The van der Waals surface area contributed by atoms with E-state index in [4.69, 9.17) is 0 Å². The molecule has 6 heteroatoms. The molecule has 0 aliphatic rings. The third kappa shape index (κ3) is 6.48. The van der Waals surface area contributed by atoms with Gasteiger partial charge in [-0.2, -0.15) is 8.78 Å². The van der Waals surface area contributed by atoms with E-state index in [0.29, 0.717) is 28.3 Å². The van der Waals surface area contributed by atoms with Crippen molar-refractivity contribution in [2.45, 2.75) is 30.5 Å². The standard InChI is InChI=1S/C19H22F2N2OS/c1-13(2)18(14-6-4-3-5-7-14)22-12-17(24)23-15-8-10-16(11-9-15)25-19(20)21/h3-11,13,18-19,22H,12H2,1-2H3,(H,23,24)/t18-/m1/s1. The number of thioether (sulfide) groups is 1. The SMILES string of the molecule is CC(C)[C@@H](NCC(=O)Nc1ccc(SC(F)F)cc1)c1ccccc1. The fourth-order valence-corrected chi connectivity index (χ4v) is 3.03. The van der Waals surface area contributed by atoms with Crippen LogP contribution < -0.4 is 10.6 Å². The zero-order valence-electron chi connectivity index (χ0n) is 14.2. The van der Waals surface area contributed by atoms with Crippen molar-refractivity contribution in [3.63, 3.8) is 0 Å². The Morgan fingerprint density at radius 3 is 2.24 bits per heavy atom. The minimum Gasteiger partial charge on any atom is -0.325 e. The van der Waals surface area contributed by atoms with Crippen LogP contribution in [0.2, 0.25) is 0 Å². The second-order valence-electron chi connectivity index (χ2n) is 5.96. The first-order valence-corrected chi connectivity index (χ1v) is 8.96. The second-order valence-corrected chi connectivity index (χ2v) is 7.03. The molecule has 0 aliphatic heterocycles. The molecular weight excluding hydrogens is 342 g/mol. The Bertz CT molecular complexity index is 663. The van der Waals surface area contributed by atoms with Gasteiger partial charge in [0, 0.05) is 16.6 Å². The summed E-state index contributed by atoms with van der Waals surface area (Å²) < 4.78 is 24.6. The summed E-state index contributed by atoms with van der Waals surface area (Å²) in [6.07, 6.45) is 0. The van der Waals surface area contributed by atoms with Gasteiger partial charge in [0.05, 0.1) is 6.54 Å². The van der Waals surface area contributed by atoms with Gasteiger partial charge in [-0.3, -0.25) is 4.79 Å². The number of halogens is 2. The number of rotatable bonds is 8. The molecule has 2 N–H and O–H groups in total. The fourth-order valence-electron chi connectivity index (χ4n) is 2.53. The van der Waals surface area contributed by atoms with Gasteiger partial charge < -0.3 is 10.6 Å². The van der Waals surface area contributed by atoms with Crippen LogP contribution in [0.25, 0.3) is 0 Å². The molecule has 0 saturated heterocycles. The lowest BCUT2D eigenvalue weighted by atomic mass is 9.96. The van der Waals surface area contributed by atoms with Crippen molar-refractivity contribution in [3.8, 4) is 0 Å². The van der Waals surface area contributed by atoms with Crippen LogP contribution in [0.4, 0.5) is 14.5 Å². The summed E-state index contributed by atoms with van der Waals surface area (Å²) in [7, 11) is 0. The Morgan fingerprint density at radius 1 is 1.04 bits per heavy atom. The van der Waals surface area contributed by atoms with Gasteiger partial charge in [0.15, 0.2) is 0 Å². The van der Waals surface area contributed by atoms with Gasteiger partial charge in [-0.1, -0.05) is 55.9 Å². The number of benzene rings is 2. The molecule has 0 spiro atoms. The lowest BCUT2D eigenvalue weighted by molar-refractivity contribution is -0.115. The molecule has 0 saturated carbocycles. The maximum absolute atomic E-state index is 12.3. The summed E-state index contributed by atoms with van der Waals surface area (Å²) in [6.45, 7) is 4.37. The molecule has 0 heterocycles. The molecule has 25 heavy (non-hydrogen) atoms. The molecule has 0 aromatic heterocycles. The smallest absolute Gasteiger partial charge is 0.288 e. The Balaban J connectivity index is 1.89. The number of nitrogens with one attached hydrogen (secondary N) is 2. The molecule has 2 rings (SSSR count). The zero-order chi connectivity index (χ0) is 18.2. The van der Waals surface area contributed by atoms with Crippen molar-refractivity contribution in [2.75, 3.05) is 11.9 Å². The lowest BCUT2D eigenvalue weighted by Crippen LogP contribution is -2.33. The molecule has 0 bridgehead atoms. The summed E-state index contributed by atoms with van der Waals surface area (Å²) in [5, 5.41) is 6.05. The first kappa shape index (κ1) is 19.4. The molecule has 1 amide bonds. The maximum atomic E-state index is 12.3. The first-order chi connectivity index (χ1) is 12.0. The van der Waals surface area contributed by atoms with Crippen LogP contribution in [-0.2, 0) is 4.79 Å². The zero-order valence-corrected chi connectivity index (χ0v) is 15.0. The molecule has 0 fully saturated rings. The Morgan fingerprint density at radius 2 is 1.68 bits per heavy atom. The number of hydrogen-bond acceptors (Lipinski definition) is 3. The van der Waals surface area contributed by atoms with Crippen molar-refractivity contribution in [2.24, 2.45) is 5.92 Å². The number of anilines is 1. The lowest BCUT2D eigenvalue weighted by Gasteiger charge is -2.22. The molecule has 0 aliphatic carbocycles. The van der Waals surface area contributed by atoms with Crippen LogP contribution in [0.15, 0.2) is 59.5 Å². The monoisotopic (exact) mass is 364 g/mol. The van der Waals surface area contributed by atoms with Crippen molar-refractivity contribution in [1.29, 1.82) is 0 Å². The average Bonchev–Trinajstić information content (AvgIpc) is 2.57. The molecule has 0 radical (unpaired) electrons. The topological polar surface area (TPSA) is 41.1 Å². The van der Waals surface area contributed by atoms with Crippen molar-refractivity contribution < 1.29 is 13.6 Å². The number of carbonyl (C=O) groups is 1. The first-order valence-electron chi connectivity index (χ1n) is 8.08. The van der Waals surface area contributed by atoms with E-state index in [0.717, 1.165) is 5.56 Å². The third-order valence-electron chi connectivity index (χ3n) is 3.67. The van der Waals surface area contributed by atoms with Gasteiger partial charge >= 0.3 is 0 Å². The van der Waals surface area contributed by atoms with Crippen molar-refractivity contribution in [1.82, 2.24) is 5.32 Å². The van der Waals surface area contributed by atoms with E-state index in [2.05, 4.69) is 24.5 Å². The van der Waals surface area contributed by atoms with E-state index >= 15 is 0 Å². The molecule has 2 aromatic carbocycles. The van der Waals surface area contributed by atoms with Crippen LogP contribution in [0, 0.1) is 5.92 Å². The summed E-state index contributed by atoms with van der Waals surface area (Å²) in [5.41, 5.74) is 1.73. The number of amides is 1. The molecule has 2 aromatic rings. The quantitative estimate of drug-likeness (QED) is 0.653. The van der Waals surface area contributed by atoms with Crippen LogP contribution in [0.5, 0.6) is 0 Å². The van der Waals surface area contributed by atoms with Gasteiger partial charge in [0.25, 0.3) is 5.76 Å². The van der Waals surface area contributed by atoms with Crippen LogP contribution >= 0.6 is 11.8 Å². The van der Waals surface area contributed by atoms with Gasteiger partial charge in [0.1, 0.15) is 0 Å². The van der Waals surface area contributed by atoms with Gasteiger partial charge in [-0.05, 0) is 35.7 Å². The van der Waals surface area contributed by atoms with Crippen molar-refractivity contribution in [3.05, 3.63) is 60.2 Å². The number of alkyl halides is 2. The highest BCUT2D eigenvalue weighted by molar-refractivity contribution is 7.99. The highest BCUT2D eigenvalue weighted by Gasteiger charge is 2.16. The Labute approximate surface area is 151 Å². The minimum absolute atomic E-state index is 0.0803. The predicted molar refractivity (Wildman–Crippen MR) is 99.0 cm³/mol. The number of hydrogen-bond donors (Lipinski definition) is 2. The van der Waals surface area contributed by atoms with Gasteiger partial charge in [-0.15, -0.1) is 0 Å².